The van der Waals surface area contributed by atoms with Crippen LogP contribution >= 0.6 is 15.9 Å². The minimum atomic E-state index is -0.0588. The molecule has 1 heterocycles. The van der Waals surface area contributed by atoms with Crippen LogP contribution < -0.4 is 10.3 Å². The Morgan fingerprint density at radius 2 is 2.25 bits per heavy atom. The van der Waals surface area contributed by atoms with Crippen LogP contribution in [0.25, 0.3) is 0 Å². The molecule has 0 saturated carbocycles. The van der Waals surface area contributed by atoms with E-state index in [1.807, 2.05) is 6.92 Å². The fourth-order valence-electron chi connectivity index (χ4n) is 1.34. The molecule has 90 valence electrons. The fraction of sp³-hybridized carbons (Fsp3) is 0.545. The molecule has 16 heavy (non-hydrogen) atoms. The second-order valence-electron chi connectivity index (χ2n) is 3.27. The zero-order valence-electron chi connectivity index (χ0n) is 9.53. The van der Waals surface area contributed by atoms with Gasteiger partial charge < -0.3 is 14.0 Å². The Balaban J connectivity index is 2.67. The van der Waals surface area contributed by atoms with Gasteiger partial charge in [0.25, 0.3) is 5.56 Å². The van der Waals surface area contributed by atoms with Crippen molar-refractivity contribution in [2.24, 2.45) is 0 Å². The van der Waals surface area contributed by atoms with Crippen molar-refractivity contribution >= 4 is 15.9 Å². The summed E-state index contributed by atoms with van der Waals surface area (Å²) in [5.74, 6) is 0.561. The van der Waals surface area contributed by atoms with E-state index in [1.165, 1.54) is 6.07 Å². The van der Waals surface area contributed by atoms with Crippen LogP contribution in [0.15, 0.2) is 21.5 Å². The van der Waals surface area contributed by atoms with Gasteiger partial charge in [0.05, 0.1) is 11.6 Å². The molecule has 1 aromatic heterocycles. The van der Waals surface area contributed by atoms with Gasteiger partial charge in [-0.15, -0.1) is 0 Å². The first-order chi connectivity index (χ1) is 7.69. The van der Waals surface area contributed by atoms with Gasteiger partial charge in [0.15, 0.2) is 0 Å². The van der Waals surface area contributed by atoms with Crippen LogP contribution in [0.3, 0.4) is 0 Å². The highest BCUT2D eigenvalue weighted by Crippen LogP contribution is 2.21. The maximum atomic E-state index is 11.6. The molecule has 0 saturated heterocycles. The lowest BCUT2D eigenvalue weighted by Gasteiger charge is -2.08. The molecule has 0 unspecified atom stereocenters. The van der Waals surface area contributed by atoms with Crippen molar-refractivity contribution in [3.8, 4) is 5.75 Å². The number of methoxy groups -OCH3 is 1. The largest absolute Gasteiger partial charge is 0.495 e. The number of hydrogen-bond acceptors (Lipinski definition) is 3. The highest BCUT2D eigenvalue weighted by atomic mass is 79.9. The van der Waals surface area contributed by atoms with E-state index in [1.54, 1.807) is 17.9 Å². The lowest BCUT2D eigenvalue weighted by atomic mass is 10.4. The van der Waals surface area contributed by atoms with Crippen LogP contribution in [0, 0.1) is 0 Å². The molecular formula is C11H16BrNO3. The topological polar surface area (TPSA) is 40.5 Å². The first-order valence-corrected chi connectivity index (χ1v) is 6.00. The van der Waals surface area contributed by atoms with Crippen molar-refractivity contribution < 1.29 is 9.47 Å². The Labute approximate surface area is 103 Å². The molecule has 0 spiro atoms. The smallest absolute Gasteiger partial charge is 0.254 e. The molecule has 0 aliphatic heterocycles. The summed E-state index contributed by atoms with van der Waals surface area (Å²) in [5.41, 5.74) is -0.0588. The van der Waals surface area contributed by atoms with Crippen molar-refractivity contribution in [1.82, 2.24) is 4.57 Å². The predicted molar refractivity (Wildman–Crippen MR) is 66.1 cm³/mol. The second-order valence-corrected chi connectivity index (χ2v) is 4.13. The molecule has 4 nitrogen and oxygen atoms in total. The monoisotopic (exact) mass is 289 g/mol. The molecule has 0 aliphatic rings. The average Bonchev–Trinajstić information content (AvgIpc) is 2.28. The van der Waals surface area contributed by atoms with Crippen LogP contribution in [0.1, 0.15) is 13.3 Å². The molecule has 0 radical (unpaired) electrons. The Hall–Kier alpha value is -0.810. The third kappa shape index (κ3) is 3.64. The summed E-state index contributed by atoms with van der Waals surface area (Å²) in [6.07, 6.45) is 2.57. The summed E-state index contributed by atoms with van der Waals surface area (Å²) in [6.45, 7) is 3.99. The number of halogens is 1. The van der Waals surface area contributed by atoms with E-state index in [-0.39, 0.29) is 5.56 Å². The number of ether oxygens (including phenoxy) is 2. The van der Waals surface area contributed by atoms with Gasteiger partial charge in [0.2, 0.25) is 0 Å². The standard InChI is InChI=1S/C11H16BrNO3/c1-3-16-6-4-5-13-8-9(12)10(15-2)7-11(13)14/h7-8H,3-6H2,1-2H3. The van der Waals surface area contributed by atoms with Gasteiger partial charge in [-0.3, -0.25) is 4.79 Å². The molecule has 0 N–H and O–H groups in total. The quantitative estimate of drug-likeness (QED) is 0.753. The van der Waals surface area contributed by atoms with Crippen LogP contribution in [-0.4, -0.2) is 24.9 Å². The van der Waals surface area contributed by atoms with E-state index in [0.717, 1.165) is 10.9 Å². The van der Waals surface area contributed by atoms with E-state index in [2.05, 4.69) is 15.9 Å². The summed E-state index contributed by atoms with van der Waals surface area (Å²) in [7, 11) is 1.54. The molecule has 0 aromatic carbocycles. The van der Waals surface area contributed by atoms with Gasteiger partial charge in [0, 0.05) is 32.0 Å². The molecular weight excluding hydrogens is 274 g/mol. The van der Waals surface area contributed by atoms with Crippen molar-refractivity contribution in [1.29, 1.82) is 0 Å². The molecule has 5 heteroatoms. The second kappa shape index (κ2) is 6.70. The minimum Gasteiger partial charge on any atom is -0.495 e. The van der Waals surface area contributed by atoms with E-state index < -0.39 is 0 Å². The van der Waals surface area contributed by atoms with Gasteiger partial charge in [0.1, 0.15) is 5.75 Å². The third-order valence-corrected chi connectivity index (χ3v) is 2.75. The van der Waals surface area contributed by atoms with Crippen LogP contribution in [-0.2, 0) is 11.3 Å². The summed E-state index contributed by atoms with van der Waals surface area (Å²) in [6, 6.07) is 1.48. The number of aromatic nitrogens is 1. The number of hydrogen-bond donors (Lipinski definition) is 0. The lowest BCUT2D eigenvalue weighted by molar-refractivity contribution is 0.141. The first-order valence-electron chi connectivity index (χ1n) is 5.20. The van der Waals surface area contributed by atoms with E-state index in [4.69, 9.17) is 9.47 Å². The van der Waals surface area contributed by atoms with Crippen molar-refractivity contribution in [2.45, 2.75) is 19.9 Å². The Kier molecular flexibility index (Phi) is 5.55. The lowest BCUT2D eigenvalue weighted by Crippen LogP contribution is -2.19. The van der Waals surface area contributed by atoms with Gasteiger partial charge in [-0.25, -0.2) is 0 Å². The Morgan fingerprint density at radius 3 is 2.88 bits per heavy atom. The van der Waals surface area contributed by atoms with Crippen molar-refractivity contribution in [3.63, 3.8) is 0 Å². The number of aryl methyl sites for hydroxylation is 1. The molecule has 1 rings (SSSR count). The minimum absolute atomic E-state index is 0.0588. The van der Waals surface area contributed by atoms with Crippen LogP contribution in [0.5, 0.6) is 5.75 Å². The maximum Gasteiger partial charge on any atom is 0.254 e. The normalized spacial score (nSPS) is 10.4. The van der Waals surface area contributed by atoms with Crippen LogP contribution in [0.2, 0.25) is 0 Å². The van der Waals surface area contributed by atoms with E-state index in [9.17, 15) is 4.79 Å². The predicted octanol–water partition coefficient (Wildman–Crippen LogP) is 2.05. The molecule has 0 bridgehead atoms. The zero-order valence-corrected chi connectivity index (χ0v) is 11.1. The Morgan fingerprint density at radius 1 is 1.50 bits per heavy atom. The summed E-state index contributed by atoms with van der Waals surface area (Å²) in [5, 5.41) is 0. The molecule has 0 amide bonds. The number of nitrogens with zero attached hydrogens (tertiary/aromatic N) is 1. The number of pyridine rings is 1. The van der Waals surface area contributed by atoms with Gasteiger partial charge in [-0.05, 0) is 29.3 Å². The SMILES string of the molecule is CCOCCCn1cc(Br)c(OC)cc1=O. The number of rotatable bonds is 6. The van der Waals surface area contributed by atoms with E-state index in [0.29, 0.717) is 25.5 Å². The maximum absolute atomic E-state index is 11.6. The van der Waals surface area contributed by atoms with Gasteiger partial charge in [-0.2, -0.15) is 0 Å². The third-order valence-electron chi connectivity index (χ3n) is 2.15. The van der Waals surface area contributed by atoms with Crippen molar-refractivity contribution in [3.05, 3.63) is 27.1 Å². The summed E-state index contributed by atoms with van der Waals surface area (Å²) in [4.78, 5) is 11.6. The first kappa shape index (κ1) is 13.3. The zero-order chi connectivity index (χ0) is 12.0. The summed E-state index contributed by atoms with van der Waals surface area (Å²) < 4.78 is 12.7. The van der Waals surface area contributed by atoms with Gasteiger partial charge >= 0.3 is 0 Å². The van der Waals surface area contributed by atoms with Crippen molar-refractivity contribution in [2.75, 3.05) is 20.3 Å². The van der Waals surface area contributed by atoms with Crippen LogP contribution in [0.4, 0.5) is 0 Å². The molecule has 1 aromatic rings. The fourth-order valence-corrected chi connectivity index (χ4v) is 1.86. The highest BCUT2D eigenvalue weighted by molar-refractivity contribution is 9.10. The van der Waals surface area contributed by atoms with Gasteiger partial charge in [-0.1, -0.05) is 0 Å². The molecule has 0 aliphatic carbocycles. The average molecular weight is 290 g/mol. The summed E-state index contributed by atoms with van der Waals surface area (Å²) >= 11 is 3.35. The molecule has 0 fully saturated rings. The highest BCUT2D eigenvalue weighted by Gasteiger charge is 2.04. The van der Waals surface area contributed by atoms with E-state index >= 15 is 0 Å². The molecule has 0 atom stereocenters. The Bertz CT molecular complexity index is 389.